The molecule has 5 nitrogen and oxygen atoms in total. The van der Waals surface area contributed by atoms with Gasteiger partial charge in [0.15, 0.2) is 11.5 Å². The minimum atomic E-state index is 0. The third-order valence-corrected chi connectivity index (χ3v) is 4.85. The molecule has 27 heavy (non-hydrogen) atoms. The van der Waals surface area contributed by atoms with E-state index in [1.807, 2.05) is 18.2 Å². The maximum atomic E-state index is 6.41. The predicted molar refractivity (Wildman–Crippen MR) is 110 cm³/mol. The Morgan fingerprint density at radius 3 is 2.48 bits per heavy atom. The molecule has 0 bridgehead atoms. The smallest absolute Gasteiger partial charge is 0.161 e. The molecule has 3 rings (SSSR count). The molecule has 1 fully saturated rings. The quantitative estimate of drug-likeness (QED) is 0.699. The van der Waals surface area contributed by atoms with E-state index in [0.717, 1.165) is 31.1 Å². The Hall–Kier alpha value is -1.79. The third kappa shape index (κ3) is 5.59. The van der Waals surface area contributed by atoms with Crippen LogP contribution in [0.1, 0.15) is 17.0 Å². The fraction of sp³-hybridized carbons (Fsp3) is 0.429. The number of nitrogens with zero attached hydrogens (tertiary/aromatic N) is 1. The first-order valence-corrected chi connectivity index (χ1v) is 9.02. The molecule has 2 atom stereocenters. The van der Waals surface area contributed by atoms with Crippen molar-refractivity contribution in [2.45, 2.75) is 18.5 Å². The van der Waals surface area contributed by atoms with Crippen LogP contribution < -0.4 is 15.2 Å². The van der Waals surface area contributed by atoms with Crippen molar-refractivity contribution >= 4 is 12.4 Å². The second kappa shape index (κ2) is 10.5. The highest BCUT2D eigenvalue weighted by Crippen LogP contribution is 2.31. The molecule has 0 aliphatic carbocycles. The highest BCUT2D eigenvalue weighted by Gasteiger charge is 2.31. The molecule has 0 spiro atoms. The molecule has 1 saturated heterocycles. The van der Waals surface area contributed by atoms with Crippen molar-refractivity contribution in [3.05, 3.63) is 59.7 Å². The topological polar surface area (TPSA) is 57.0 Å². The normalized spacial score (nSPS) is 19.5. The van der Waals surface area contributed by atoms with Gasteiger partial charge in [-0.1, -0.05) is 36.4 Å². The van der Waals surface area contributed by atoms with Gasteiger partial charge in [-0.15, -0.1) is 12.4 Å². The molecule has 1 aliphatic heterocycles. The number of ether oxygens (including phenoxy) is 3. The first-order chi connectivity index (χ1) is 12.7. The summed E-state index contributed by atoms with van der Waals surface area (Å²) < 4.78 is 16.2. The van der Waals surface area contributed by atoms with Gasteiger partial charge >= 0.3 is 0 Å². The van der Waals surface area contributed by atoms with E-state index in [2.05, 4.69) is 35.2 Å². The lowest BCUT2D eigenvalue weighted by Gasteiger charge is -2.17. The van der Waals surface area contributed by atoms with Crippen LogP contribution in [0.4, 0.5) is 0 Å². The van der Waals surface area contributed by atoms with Gasteiger partial charge in [0, 0.05) is 38.7 Å². The first kappa shape index (κ1) is 21.5. The van der Waals surface area contributed by atoms with Crippen molar-refractivity contribution in [1.29, 1.82) is 0 Å². The van der Waals surface area contributed by atoms with Crippen LogP contribution in [0.3, 0.4) is 0 Å². The van der Waals surface area contributed by atoms with Gasteiger partial charge in [0.1, 0.15) is 6.61 Å². The molecule has 0 unspecified atom stereocenters. The van der Waals surface area contributed by atoms with Crippen LogP contribution in [0.15, 0.2) is 48.5 Å². The summed E-state index contributed by atoms with van der Waals surface area (Å²) in [5.74, 6) is 1.88. The Morgan fingerprint density at radius 1 is 1.00 bits per heavy atom. The molecule has 2 aromatic carbocycles. The maximum absolute atomic E-state index is 6.41. The Morgan fingerprint density at radius 2 is 1.78 bits per heavy atom. The van der Waals surface area contributed by atoms with E-state index in [1.54, 1.807) is 14.2 Å². The second-order valence-corrected chi connectivity index (χ2v) is 6.70. The van der Waals surface area contributed by atoms with E-state index in [1.165, 1.54) is 11.1 Å². The maximum Gasteiger partial charge on any atom is 0.161 e. The Bertz CT molecular complexity index is 699. The zero-order valence-corrected chi connectivity index (χ0v) is 16.8. The Labute approximate surface area is 167 Å². The number of rotatable bonds is 8. The van der Waals surface area contributed by atoms with Gasteiger partial charge in [0.2, 0.25) is 0 Å². The lowest BCUT2D eigenvalue weighted by Crippen LogP contribution is -2.28. The molecule has 148 valence electrons. The zero-order chi connectivity index (χ0) is 18.4. The van der Waals surface area contributed by atoms with Crippen molar-refractivity contribution in [2.75, 3.05) is 40.5 Å². The lowest BCUT2D eigenvalue weighted by atomic mass is 9.95. The molecule has 2 aromatic rings. The number of benzene rings is 2. The third-order valence-electron chi connectivity index (χ3n) is 4.85. The minimum Gasteiger partial charge on any atom is -0.493 e. The molecule has 0 aromatic heterocycles. The van der Waals surface area contributed by atoms with Gasteiger partial charge in [-0.2, -0.15) is 0 Å². The van der Waals surface area contributed by atoms with Gasteiger partial charge in [-0.25, -0.2) is 0 Å². The summed E-state index contributed by atoms with van der Waals surface area (Å²) in [5, 5.41) is 0. The van der Waals surface area contributed by atoms with Crippen LogP contribution in [-0.4, -0.2) is 51.5 Å². The number of nitrogens with two attached hydrogens (primary N) is 1. The molecule has 0 radical (unpaired) electrons. The summed E-state index contributed by atoms with van der Waals surface area (Å²) in [6, 6.07) is 16.8. The van der Waals surface area contributed by atoms with Crippen molar-refractivity contribution < 1.29 is 14.2 Å². The number of hydrogen-bond donors (Lipinski definition) is 1. The van der Waals surface area contributed by atoms with E-state index in [9.17, 15) is 0 Å². The van der Waals surface area contributed by atoms with E-state index in [4.69, 9.17) is 19.9 Å². The summed E-state index contributed by atoms with van der Waals surface area (Å²) in [7, 11) is 3.33. The predicted octanol–water partition coefficient (Wildman–Crippen LogP) is 3.07. The second-order valence-electron chi connectivity index (χ2n) is 6.70. The first-order valence-electron chi connectivity index (χ1n) is 9.02. The number of halogens is 1. The largest absolute Gasteiger partial charge is 0.493 e. The van der Waals surface area contributed by atoms with Gasteiger partial charge in [0.25, 0.3) is 0 Å². The Kier molecular flexibility index (Phi) is 8.38. The van der Waals surface area contributed by atoms with E-state index < -0.39 is 0 Å². The van der Waals surface area contributed by atoms with Crippen LogP contribution in [-0.2, 0) is 11.3 Å². The summed E-state index contributed by atoms with van der Waals surface area (Å²) in [5.41, 5.74) is 8.92. The van der Waals surface area contributed by atoms with Crippen molar-refractivity contribution in [2.24, 2.45) is 5.73 Å². The Balaban J connectivity index is 0.00000261. The van der Waals surface area contributed by atoms with Crippen molar-refractivity contribution in [3.63, 3.8) is 0 Å². The molecule has 2 N–H and O–H groups in total. The van der Waals surface area contributed by atoms with Crippen LogP contribution >= 0.6 is 12.4 Å². The van der Waals surface area contributed by atoms with E-state index in [0.29, 0.717) is 19.1 Å². The van der Waals surface area contributed by atoms with Crippen LogP contribution in [0, 0.1) is 0 Å². The van der Waals surface area contributed by atoms with Gasteiger partial charge in [-0.3, -0.25) is 4.90 Å². The summed E-state index contributed by atoms with van der Waals surface area (Å²) in [4.78, 5) is 2.41. The standard InChI is InChI=1S/C21H28N2O3.ClH/c1-24-10-11-26-20-9-8-16(12-21(20)25-2)13-23-14-18(19(22)15-23)17-6-4-3-5-7-17;/h3-9,12,18-19H,10-11,13-15,22H2,1-2H3;1H/t18-,19+;/m0./s1. The van der Waals surface area contributed by atoms with Gasteiger partial charge in [0.05, 0.1) is 13.7 Å². The molecule has 1 aliphatic rings. The van der Waals surface area contributed by atoms with Crippen molar-refractivity contribution in [1.82, 2.24) is 4.90 Å². The van der Waals surface area contributed by atoms with Crippen LogP contribution in [0.5, 0.6) is 11.5 Å². The summed E-state index contributed by atoms with van der Waals surface area (Å²) >= 11 is 0. The monoisotopic (exact) mass is 392 g/mol. The van der Waals surface area contributed by atoms with Crippen molar-refractivity contribution in [3.8, 4) is 11.5 Å². The van der Waals surface area contributed by atoms with Gasteiger partial charge < -0.3 is 19.9 Å². The average Bonchev–Trinajstić information content (AvgIpc) is 3.03. The fourth-order valence-corrected chi connectivity index (χ4v) is 3.52. The SMILES string of the molecule is COCCOc1ccc(CN2C[C@@H](N)[C@H](c3ccccc3)C2)cc1OC.Cl. The molecule has 6 heteroatoms. The number of likely N-dealkylation sites (tertiary alicyclic amines) is 1. The summed E-state index contributed by atoms with van der Waals surface area (Å²) in [6.07, 6.45) is 0. The van der Waals surface area contributed by atoms with E-state index >= 15 is 0 Å². The average molecular weight is 393 g/mol. The highest BCUT2D eigenvalue weighted by atomic mass is 35.5. The fourth-order valence-electron chi connectivity index (χ4n) is 3.52. The van der Waals surface area contributed by atoms with Crippen LogP contribution in [0.25, 0.3) is 0 Å². The van der Waals surface area contributed by atoms with Crippen LogP contribution in [0.2, 0.25) is 0 Å². The molecule has 0 amide bonds. The molecular formula is C21H29ClN2O3. The molecule has 1 heterocycles. The number of hydrogen-bond acceptors (Lipinski definition) is 5. The lowest BCUT2D eigenvalue weighted by molar-refractivity contribution is 0.144. The minimum absolute atomic E-state index is 0. The number of methoxy groups -OCH3 is 2. The van der Waals surface area contributed by atoms with Gasteiger partial charge in [-0.05, 0) is 23.3 Å². The highest BCUT2D eigenvalue weighted by molar-refractivity contribution is 5.85. The molecular weight excluding hydrogens is 364 g/mol. The molecule has 0 saturated carbocycles. The zero-order valence-electron chi connectivity index (χ0n) is 16.0. The summed E-state index contributed by atoms with van der Waals surface area (Å²) in [6.45, 7) is 3.78. The van der Waals surface area contributed by atoms with E-state index in [-0.39, 0.29) is 18.4 Å².